The number of carbonyl (C=O) groups excluding carboxylic acids is 2. The molecule has 134 valence electrons. The highest BCUT2D eigenvalue weighted by Crippen LogP contribution is 2.01. The van der Waals surface area contributed by atoms with Crippen LogP contribution in [0.5, 0.6) is 0 Å². The fourth-order valence-electron chi connectivity index (χ4n) is 2.26. The van der Waals surface area contributed by atoms with E-state index in [0.29, 0.717) is 24.3 Å². The zero-order valence-corrected chi connectivity index (χ0v) is 14.9. The van der Waals surface area contributed by atoms with Gasteiger partial charge >= 0.3 is 11.8 Å². The number of hydrogen-bond acceptors (Lipinski definition) is 4. The standard InChI is InChI=1S/C20H22N4O2/c1-15(13-17-9-5-3-6-10-17)21-23-19(25)20(26)24-22-16(2)14-18-11-7-4-8-12-18/h3-12H,13-14H2,1-2H3,(H,23,25)(H,24,26)/b21-15-,22-16-. The lowest BCUT2D eigenvalue weighted by Gasteiger charge is -2.04. The van der Waals surface area contributed by atoms with Crippen LogP contribution in [0.25, 0.3) is 0 Å². The summed E-state index contributed by atoms with van der Waals surface area (Å²) in [5, 5.41) is 7.89. The molecule has 2 rings (SSSR count). The highest BCUT2D eigenvalue weighted by atomic mass is 16.2. The normalized spacial score (nSPS) is 11.8. The minimum Gasteiger partial charge on any atom is -0.262 e. The van der Waals surface area contributed by atoms with Gasteiger partial charge in [0.1, 0.15) is 0 Å². The van der Waals surface area contributed by atoms with Gasteiger partial charge in [-0.2, -0.15) is 10.2 Å². The maximum absolute atomic E-state index is 11.8. The lowest BCUT2D eigenvalue weighted by atomic mass is 10.1. The summed E-state index contributed by atoms with van der Waals surface area (Å²) in [5.74, 6) is -1.71. The van der Waals surface area contributed by atoms with Crippen molar-refractivity contribution in [1.82, 2.24) is 10.9 Å². The fraction of sp³-hybridized carbons (Fsp3) is 0.200. The highest BCUT2D eigenvalue weighted by Gasteiger charge is 2.12. The molecule has 0 unspecified atom stereocenters. The van der Waals surface area contributed by atoms with E-state index in [1.165, 1.54) is 0 Å². The van der Waals surface area contributed by atoms with Gasteiger partial charge in [-0.15, -0.1) is 0 Å². The Labute approximate surface area is 153 Å². The molecule has 0 radical (unpaired) electrons. The highest BCUT2D eigenvalue weighted by molar-refractivity contribution is 6.35. The first-order chi connectivity index (χ1) is 12.5. The van der Waals surface area contributed by atoms with Gasteiger partial charge in [-0.3, -0.25) is 9.59 Å². The van der Waals surface area contributed by atoms with Crippen molar-refractivity contribution in [1.29, 1.82) is 0 Å². The Morgan fingerprint density at radius 1 is 0.692 bits per heavy atom. The van der Waals surface area contributed by atoms with Crippen molar-refractivity contribution in [2.45, 2.75) is 26.7 Å². The van der Waals surface area contributed by atoms with Crippen molar-refractivity contribution < 1.29 is 9.59 Å². The molecule has 0 spiro atoms. The van der Waals surface area contributed by atoms with Crippen molar-refractivity contribution >= 4 is 23.2 Å². The summed E-state index contributed by atoms with van der Waals surface area (Å²) < 4.78 is 0. The number of rotatable bonds is 6. The predicted molar refractivity (Wildman–Crippen MR) is 103 cm³/mol. The van der Waals surface area contributed by atoms with Crippen LogP contribution in [0.4, 0.5) is 0 Å². The van der Waals surface area contributed by atoms with E-state index in [0.717, 1.165) is 11.1 Å². The second kappa shape index (κ2) is 9.88. The van der Waals surface area contributed by atoms with E-state index in [2.05, 4.69) is 21.1 Å². The molecule has 0 fully saturated rings. The number of nitrogens with one attached hydrogen (secondary N) is 2. The number of benzene rings is 2. The molecule has 2 aromatic rings. The van der Waals surface area contributed by atoms with Gasteiger partial charge in [0.25, 0.3) is 0 Å². The van der Waals surface area contributed by atoms with Crippen LogP contribution in [0.2, 0.25) is 0 Å². The minimum atomic E-state index is -0.853. The van der Waals surface area contributed by atoms with E-state index >= 15 is 0 Å². The maximum atomic E-state index is 11.8. The smallest absolute Gasteiger partial charge is 0.262 e. The van der Waals surface area contributed by atoms with Crippen molar-refractivity contribution in [3.8, 4) is 0 Å². The second-order valence-electron chi connectivity index (χ2n) is 5.90. The average molecular weight is 350 g/mol. The molecular weight excluding hydrogens is 328 g/mol. The van der Waals surface area contributed by atoms with Crippen LogP contribution in [0.3, 0.4) is 0 Å². The monoisotopic (exact) mass is 350 g/mol. The summed E-state index contributed by atoms with van der Waals surface area (Å²) >= 11 is 0. The zero-order chi connectivity index (χ0) is 18.8. The Morgan fingerprint density at radius 3 is 1.38 bits per heavy atom. The van der Waals surface area contributed by atoms with E-state index in [1.54, 1.807) is 13.8 Å². The molecule has 0 aliphatic heterocycles. The van der Waals surface area contributed by atoms with Crippen LogP contribution in [0.1, 0.15) is 25.0 Å². The molecule has 0 heterocycles. The van der Waals surface area contributed by atoms with E-state index < -0.39 is 11.8 Å². The van der Waals surface area contributed by atoms with Crippen LogP contribution < -0.4 is 10.9 Å². The van der Waals surface area contributed by atoms with E-state index in [9.17, 15) is 9.59 Å². The second-order valence-corrected chi connectivity index (χ2v) is 5.90. The van der Waals surface area contributed by atoms with Crippen molar-refractivity contribution in [3.05, 3.63) is 71.8 Å². The topological polar surface area (TPSA) is 82.9 Å². The number of hydrazone groups is 2. The number of nitrogens with zero attached hydrogens (tertiary/aromatic N) is 2. The van der Waals surface area contributed by atoms with Gasteiger partial charge < -0.3 is 0 Å². The molecule has 6 heteroatoms. The van der Waals surface area contributed by atoms with Gasteiger partial charge in [0.2, 0.25) is 0 Å². The molecule has 0 aromatic heterocycles. The number of hydrogen-bond donors (Lipinski definition) is 2. The van der Waals surface area contributed by atoms with Crippen LogP contribution in [-0.4, -0.2) is 23.2 Å². The fourth-order valence-corrected chi connectivity index (χ4v) is 2.26. The molecule has 0 saturated carbocycles. The molecule has 2 N–H and O–H groups in total. The molecule has 26 heavy (non-hydrogen) atoms. The molecular formula is C20H22N4O2. The average Bonchev–Trinajstić information content (AvgIpc) is 2.65. The summed E-state index contributed by atoms with van der Waals surface area (Å²) in [4.78, 5) is 23.5. The molecule has 0 bridgehead atoms. The third-order valence-corrected chi connectivity index (χ3v) is 3.51. The Hall–Kier alpha value is -3.28. The molecule has 2 aromatic carbocycles. The third kappa shape index (κ3) is 6.68. The maximum Gasteiger partial charge on any atom is 0.331 e. The lowest BCUT2D eigenvalue weighted by molar-refractivity contribution is -0.139. The summed E-state index contributed by atoms with van der Waals surface area (Å²) in [6, 6.07) is 19.5. The van der Waals surface area contributed by atoms with Crippen LogP contribution in [0.15, 0.2) is 70.9 Å². The van der Waals surface area contributed by atoms with Crippen molar-refractivity contribution in [2.75, 3.05) is 0 Å². The van der Waals surface area contributed by atoms with Crippen LogP contribution >= 0.6 is 0 Å². The van der Waals surface area contributed by atoms with Crippen molar-refractivity contribution in [3.63, 3.8) is 0 Å². The molecule has 2 amide bonds. The van der Waals surface area contributed by atoms with Gasteiger partial charge in [0.15, 0.2) is 0 Å². The molecule has 0 saturated heterocycles. The van der Waals surface area contributed by atoms with Crippen LogP contribution in [-0.2, 0) is 22.4 Å². The first-order valence-corrected chi connectivity index (χ1v) is 8.29. The first-order valence-electron chi connectivity index (χ1n) is 8.29. The van der Waals surface area contributed by atoms with E-state index in [4.69, 9.17) is 0 Å². The summed E-state index contributed by atoms with van der Waals surface area (Å²) in [7, 11) is 0. The van der Waals surface area contributed by atoms with Crippen LogP contribution in [0, 0.1) is 0 Å². The Balaban J connectivity index is 1.80. The number of carbonyl (C=O) groups is 2. The summed E-state index contributed by atoms with van der Waals surface area (Å²) in [6.45, 7) is 3.57. The quantitative estimate of drug-likeness (QED) is 0.476. The lowest BCUT2D eigenvalue weighted by Crippen LogP contribution is -2.36. The SMILES string of the molecule is C/C(Cc1ccccc1)=N/NC(=O)C(=O)N/N=C(/C)Cc1ccccc1. The van der Waals surface area contributed by atoms with Gasteiger partial charge in [-0.1, -0.05) is 60.7 Å². The van der Waals surface area contributed by atoms with E-state index in [-0.39, 0.29) is 0 Å². The number of amides is 2. The summed E-state index contributed by atoms with van der Waals surface area (Å²) in [6.07, 6.45) is 1.19. The van der Waals surface area contributed by atoms with E-state index in [1.807, 2.05) is 60.7 Å². The van der Waals surface area contributed by atoms with Gasteiger partial charge in [-0.05, 0) is 25.0 Å². The molecule has 0 aliphatic rings. The van der Waals surface area contributed by atoms with Gasteiger partial charge in [0, 0.05) is 24.3 Å². The molecule has 0 atom stereocenters. The predicted octanol–water partition coefficient (Wildman–Crippen LogP) is 2.46. The van der Waals surface area contributed by atoms with Gasteiger partial charge in [-0.25, -0.2) is 10.9 Å². The van der Waals surface area contributed by atoms with Gasteiger partial charge in [0.05, 0.1) is 0 Å². The summed E-state index contributed by atoms with van der Waals surface area (Å²) in [5.41, 5.74) is 8.03. The Bertz CT molecular complexity index is 730. The largest absolute Gasteiger partial charge is 0.331 e. The molecule has 0 aliphatic carbocycles. The Morgan fingerprint density at radius 2 is 1.04 bits per heavy atom. The zero-order valence-electron chi connectivity index (χ0n) is 14.9. The first kappa shape index (κ1) is 19.1. The minimum absolute atomic E-state index is 0.594. The Kier molecular flexibility index (Phi) is 7.24. The third-order valence-electron chi connectivity index (χ3n) is 3.51. The van der Waals surface area contributed by atoms with Crippen molar-refractivity contribution in [2.24, 2.45) is 10.2 Å². The molecule has 6 nitrogen and oxygen atoms in total.